The van der Waals surface area contributed by atoms with Gasteiger partial charge in [-0.15, -0.1) is 0 Å². The topological polar surface area (TPSA) is 86.5 Å². The summed E-state index contributed by atoms with van der Waals surface area (Å²) in [7, 11) is 0. The molecule has 3 rings (SSSR count). The quantitative estimate of drug-likeness (QED) is 0.898. The number of ether oxygens (including phenoxy) is 2. The van der Waals surface area contributed by atoms with Crippen LogP contribution in [0.25, 0.3) is 0 Å². The number of halogens is 1. The van der Waals surface area contributed by atoms with Crippen LogP contribution in [0.1, 0.15) is 22.3 Å². The van der Waals surface area contributed by atoms with Crippen LogP contribution in [0, 0.1) is 0 Å². The molecule has 3 N–H and O–H groups in total. The Hall–Kier alpha value is -2.47. The fourth-order valence-electron chi connectivity index (χ4n) is 2.27. The minimum absolute atomic E-state index is 0.269. The van der Waals surface area contributed by atoms with Gasteiger partial charge in [0.25, 0.3) is 0 Å². The summed E-state index contributed by atoms with van der Waals surface area (Å²) in [5.41, 5.74) is 6.42. The Balaban J connectivity index is 1.77. The summed E-state index contributed by atoms with van der Waals surface area (Å²) < 4.78 is 11.4. The van der Waals surface area contributed by atoms with Gasteiger partial charge in [-0.25, -0.2) is 4.98 Å². The number of carbonyl (C=O) groups excluding carboxylic acids is 1. The van der Waals surface area contributed by atoms with Crippen molar-refractivity contribution in [2.45, 2.75) is 13.0 Å². The number of benzene rings is 1. The molecule has 0 saturated heterocycles. The van der Waals surface area contributed by atoms with Gasteiger partial charge in [-0.1, -0.05) is 23.7 Å². The van der Waals surface area contributed by atoms with Gasteiger partial charge < -0.3 is 20.5 Å². The molecule has 120 valence electrons. The largest absolute Gasteiger partial charge is 0.490 e. The van der Waals surface area contributed by atoms with E-state index in [0.717, 1.165) is 23.5 Å². The highest BCUT2D eigenvalue weighted by atomic mass is 35.5. The number of nitrogens with zero attached hydrogens (tertiary/aromatic N) is 1. The summed E-state index contributed by atoms with van der Waals surface area (Å²) in [5.74, 6) is 1.39. The summed E-state index contributed by atoms with van der Waals surface area (Å²) in [5, 5.41) is 3.47. The first-order chi connectivity index (χ1) is 11.1. The van der Waals surface area contributed by atoms with E-state index in [-0.39, 0.29) is 5.56 Å². The number of nitrogens with one attached hydrogen (secondary N) is 1. The third-order valence-corrected chi connectivity index (χ3v) is 3.71. The number of carbonyl (C=O) groups is 1. The Morgan fingerprint density at radius 1 is 1.35 bits per heavy atom. The minimum atomic E-state index is -0.565. The summed E-state index contributed by atoms with van der Waals surface area (Å²) in [6.07, 6.45) is 2.24. The predicted octanol–water partition coefficient (Wildman–Crippen LogP) is 2.61. The number of para-hydroxylation sites is 1. The second-order valence-electron chi connectivity index (χ2n) is 5.07. The van der Waals surface area contributed by atoms with Crippen molar-refractivity contribution >= 4 is 23.3 Å². The molecule has 1 aliphatic rings. The number of aromatic nitrogens is 1. The van der Waals surface area contributed by atoms with Crippen LogP contribution < -0.4 is 20.5 Å². The lowest BCUT2D eigenvalue weighted by atomic mass is 10.2. The molecule has 7 heteroatoms. The smallest absolute Gasteiger partial charge is 0.250 e. The monoisotopic (exact) mass is 333 g/mol. The van der Waals surface area contributed by atoms with Crippen molar-refractivity contribution in [1.29, 1.82) is 0 Å². The zero-order chi connectivity index (χ0) is 16.2. The van der Waals surface area contributed by atoms with Crippen LogP contribution in [0.15, 0.2) is 30.5 Å². The molecule has 0 radical (unpaired) electrons. The number of primary amides is 1. The second kappa shape index (κ2) is 6.75. The van der Waals surface area contributed by atoms with Crippen molar-refractivity contribution in [2.24, 2.45) is 5.73 Å². The average molecular weight is 334 g/mol. The third-order valence-electron chi connectivity index (χ3n) is 3.43. The van der Waals surface area contributed by atoms with E-state index in [0.29, 0.717) is 30.6 Å². The number of rotatable bonds is 4. The predicted molar refractivity (Wildman–Crippen MR) is 87.1 cm³/mol. The molecule has 1 aromatic heterocycles. The van der Waals surface area contributed by atoms with Crippen molar-refractivity contribution in [3.63, 3.8) is 0 Å². The first kappa shape index (κ1) is 15.4. The zero-order valence-corrected chi connectivity index (χ0v) is 13.1. The Kier molecular flexibility index (Phi) is 4.52. The van der Waals surface area contributed by atoms with Crippen molar-refractivity contribution in [3.8, 4) is 11.5 Å². The number of pyridine rings is 1. The molecule has 23 heavy (non-hydrogen) atoms. The maximum atomic E-state index is 11.1. The van der Waals surface area contributed by atoms with Gasteiger partial charge in [0.1, 0.15) is 5.82 Å². The van der Waals surface area contributed by atoms with E-state index in [4.69, 9.17) is 26.8 Å². The van der Waals surface area contributed by atoms with Crippen molar-refractivity contribution in [2.75, 3.05) is 18.5 Å². The van der Waals surface area contributed by atoms with E-state index in [2.05, 4.69) is 10.3 Å². The average Bonchev–Trinajstić information content (AvgIpc) is 2.79. The second-order valence-corrected chi connectivity index (χ2v) is 5.47. The fourth-order valence-corrected chi connectivity index (χ4v) is 2.51. The molecule has 0 unspecified atom stereocenters. The molecule has 0 aliphatic carbocycles. The van der Waals surface area contributed by atoms with E-state index in [1.165, 1.54) is 12.3 Å². The SMILES string of the molecule is NC(=O)c1cnc(NCc2cccc3c2OCCCO3)c(Cl)c1. The van der Waals surface area contributed by atoms with Crippen LogP contribution in [-0.2, 0) is 6.54 Å². The van der Waals surface area contributed by atoms with Crippen LogP contribution in [0.5, 0.6) is 11.5 Å². The Morgan fingerprint density at radius 3 is 2.96 bits per heavy atom. The lowest BCUT2D eigenvalue weighted by molar-refractivity contribution is 0.1000. The lowest BCUT2D eigenvalue weighted by Gasteiger charge is -2.14. The normalized spacial score (nSPS) is 13.3. The molecule has 6 nitrogen and oxygen atoms in total. The van der Waals surface area contributed by atoms with E-state index < -0.39 is 5.91 Å². The third kappa shape index (κ3) is 3.48. The van der Waals surface area contributed by atoms with Gasteiger partial charge in [-0.3, -0.25) is 4.79 Å². The number of anilines is 1. The molecule has 0 fully saturated rings. The molecule has 1 amide bonds. The van der Waals surface area contributed by atoms with E-state index in [1.807, 2.05) is 18.2 Å². The van der Waals surface area contributed by atoms with Gasteiger partial charge in [0, 0.05) is 24.7 Å². The van der Waals surface area contributed by atoms with Crippen LogP contribution in [0.4, 0.5) is 5.82 Å². The maximum absolute atomic E-state index is 11.1. The van der Waals surface area contributed by atoms with Crippen molar-refractivity contribution < 1.29 is 14.3 Å². The Bertz CT molecular complexity index is 737. The molecule has 2 aromatic rings. The molecular weight excluding hydrogens is 318 g/mol. The number of hydrogen-bond donors (Lipinski definition) is 2. The first-order valence-corrected chi connectivity index (χ1v) is 7.59. The Morgan fingerprint density at radius 2 is 2.17 bits per heavy atom. The molecule has 0 atom stereocenters. The highest BCUT2D eigenvalue weighted by molar-refractivity contribution is 6.33. The van der Waals surface area contributed by atoms with E-state index >= 15 is 0 Å². The molecule has 2 heterocycles. The van der Waals surface area contributed by atoms with Gasteiger partial charge in [0.2, 0.25) is 5.91 Å². The molecule has 1 aliphatic heterocycles. The molecular formula is C16H16ClN3O3. The summed E-state index contributed by atoms with van der Waals surface area (Å²) >= 11 is 6.12. The van der Waals surface area contributed by atoms with Crippen LogP contribution in [0.3, 0.4) is 0 Å². The van der Waals surface area contributed by atoms with Gasteiger partial charge in [0.05, 0.1) is 23.8 Å². The summed E-state index contributed by atoms with van der Waals surface area (Å²) in [6, 6.07) is 7.24. The zero-order valence-electron chi connectivity index (χ0n) is 12.3. The highest BCUT2D eigenvalue weighted by Crippen LogP contribution is 2.33. The van der Waals surface area contributed by atoms with Crippen molar-refractivity contribution in [3.05, 3.63) is 46.6 Å². The summed E-state index contributed by atoms with van der Waals surface area (Å²) in [4.78, 5) is 15.2. The van der Waals surface area contributed by atoms with Gasteiger partial charge in [-0.2, -0.15) is 0 Å². The lowest BCUT2D eigenvalue weighted by Crippen LogP contribution is -2.12. The van der Waals surface area contributed by atoms with Gasteiger partial charge >= 0.3 is 0 Å². The first-order valence-electron chi connectivity index (χ1n) is 7.22. The molecule has 0 bridgehead atoms. The van der Waals surface area contributed by atoms with Gasteiger partial charge in [-0.05, 0) is 12.1 Å². The fraction of sp³-hybridized carbons (Fsp3) is 0.250. The Labute approximate surface area is 138 Å². The molecule has 1 aromatic carbocycles. The van der Waals surface area contributed by atoms with Crippen LogP contribution in [-0.4, -0.2) is 24.1 Å². The van der Waals surface area contributed by atoms with Crippen LogP contribution >= 0.6 is 11.6 Å². The minimum Gasteiger partial charge on any atom is -0.490 e. The number of amides is 1. The molecule has 0 spiro atoms. The number of nitrogens with two attached hydrogens (primary N) is 1. The number of fused-ring (bicyclic) bond motifs is 1. The standard InChI is InChI=1S/C16H16ClN3O3/c17-12-7-11(15(18)21)9-20-16(12)19-8-10-3-1-4-13-14(10)23-6-2-5-22-13/h1,3-4,7,9H,2,5-6,8H2,(H2,18,21)(H,19,20). The highest BCUT2D eigenvalue weighted by Gasteiger charge is 2.15. The maximum Gasteiger partial charge on any atom is 0.250 e. The van der Waals surface area contributed by atoms with Gasteiger partial charge in [0.15, 0.2) is 11.5 Å². The molecule has 0 saturated carbocycles. The van der Waals surface area contributed by atoms with E-state index in [1.54, 1.807) is 0 Å². The van der Waals surface area contributed by atoms with Crippen molar-refractivity contribution in [1.82, 2.24) is 4.98 Å². The van der Waals surface area contributed by atoms with E-state index in [9.17, 15) is 4.79 Å². The van der Waals surface area contributed by atoms with Crippen LogP contribution in [0.2, 0.25) is 5.02 Å². The number of hydrogen-bond acceptors (Lipinski definition) is 5. The summed E-state index contributed by atoms with van der Waals surface area (Å²) in [6.45, 7) is 1.73.